The Bertz CT molecular complexity index is 226. The predicted molar refractivity (Wildman–Crippen MR) is 70.2 cm³/mol. The van der Waals surface area contributed by atoms with Crippen LogP contribution >= 0.6 is 0 Å². The monoisotopic (exact) mass is 241 g/mol. The normalized spacial score (nSPS) is 24.6. The highest BCUT2D eigenvalue weighted by Crippen LogP contribution is 2.22. The van der Waals surface area contributed by atoms with Gasteiger partial charge in [0, 0.05) is 25.1 Å². The lowest BCUT2D eigenvalue weighted by molar-refractivity contribution is -0.117. The molecule has 0 saturated carbocycles. The van der Waals surface area contributed by atoms with Crippen LogP contribution in [0.2, 0.25) is 0 Å². The lowest BCUT2D eigenvalue weighted by Gasteiger charge is -2.32. The fraction of sp³-hybridized carbons (Fsp3) is 0.929. The lowest BCUT2D eigenvalue weighted by Crippen LogP contribution is -2.40. The van der Waals surface area contributed by atoms with Crippen LogP contribution in [-0.4, -0.2) is 44.0 Å². The smallest absolute Gasteiger partial charge is 0.127 e. The van der Waals surface area contributed by atoms with E-state index in [1.807, 2.05) is 0 Å². The quantitative estimate of drug-likeness (QED) is 0.641. The minimum absolute atomic E-state index is 0.196. The van der Waals surface area contributed by atoms with Crippen LogP contribution in [0, 0.1) is 5.41 Å². The molecule has 0 amide bonds. The maximum Gasteiger partial charge on any atom is 0.127 e. The molecule has 0 bridgehead atoms. The van der Waals surface area contributed by atoms with Gasteiger partial charge >= 0.3 is 0 Å². The van der Waals surface area contributed by atoms with Crippen molar-refractivity contribution in [3.63, 3.8) is 0 Å². The maximum atomic E-state index is 11.2. The fourth-order valence-electron chi connectivity index (χ4n) is 2.73. The van der Waals surface area contributed by atoms with Crippen LogP contribution in [0.5, 0.6) is 0 Å². The highest BCUT2D eigenvalue weighted by atomic mass is 16.5. The van der Waals surface area contributed by atoms with Crippen LogP contribution in [0.4, 0.5) is 0 Å². The van der Waals surface area contributed by atoms with E-state index in [4.69, 9.17) is 4.74 Å². The van der Waals surface area contributed by atoms with E-state index in [-0.39, 0.29) is 5.41 Å². The van der Waals surface area contributed by atoms with Gasteiger partial charge in [0.15, 0.2) is 0 Å². The van der Waals surface area contributed by atoms with Crippen molar-refractivity contribution in [3.05, 3.63) is 0 Å². The molecule has 17 heavy (non-hydrogen) atoms. The largest absolute Gasteiger partial charge is 0.377 e. The Morgan fingerprint density at radius 3 is 2.76 bits per heavy atom. The molecule has 0 aromatic carbocycles. The molecular formula is C14H27NO2. The van der Waals surface area contributed by atoms with Gasteiger partial charge < -0.3 is 14.4 Å². The first kappa shape index (κ1) is 14.7. The van der Waals surface area contributed by atoms with Gasteiger partial charge in [0.2, 0.25) is 0 Å². The van der Waals surface area contributed by atoms with E-state index in [2.05, 4.69) is 25.8 Å². The molecule has 1 saturated heterocycles. The molecular weight excluding hydrogens is 214 g/mol. The first-order valence-corrected chi connectivity index (χ1v) is 6.86. The lowest BCUT2D eigenvalue weighted by atomic mass is 9.87. The molecule has 1 rings (SSSR count). The summed E-state index contributed by atoms with van der Waals surface area (Å²) in [6.45, 7) is 6.88. The van der Waals surface area contributed by atoms with Gasteiger partial charge in [-0.15, -0.1) is 0 Å². The molecule has 3 heteroatoms. The van der Waals surface area contributed by atoms with Crippen molar-refractivity contribution in [2.45, 2.75) is 52.1 Å². The summed E-state index contributed by atoms with van der Waals surface area (Å²) in [5.41, 5.74) is -0.196. The van der Waals surface area contributed by atoms with E-state index in [0.717, 1.165) is 45.2 Å². The Kier molecular flexibility index (Phi) is 6.14. The Balaban J connectivity index is 2.35. The summed E-state index contributed by atoms with van der Waals surface area (Å²) in [5, 5.41) is 0. The molecule has 100 valence electrons. The molecule has 0 spiro atoms. The molecule has 3 nitrogen and oxygen atoms in total. The number of carbonyl (C=O) groups excluding carboxylic acids is 1. The van der Waals surface area contributed by atoms with Gasteiger partial charge in [-0.05, 0) is 32.7 Å². The molecule has 0 aliphatic carbocycles. The summed E-state index contributed by atoms with van der Waals surface area (Å²) in [6.07, 6.45) is 7.15. The Morgan fingerprint density at radius 2 is 2.24 bits per heavy atom. The van der Waals surface area contributed by atoms with Gasteiger partial charge in [0.05, 0.1) is 6.10 Å². The van der Waals surface area contributed by atoms with Gasteiger partial charge in [0.1, 0.15) is 6.29 Å². The summed E-state index contributed by atoms with van der Waals surface area (Å²) in [7, 11) is 2.09. The van der Waals surface area contributed by atoms with Crippen molar-refractivity contribution in [1.82, 2.24) is 4.90 Å². The van der Waals surface area contributed by atoms with E-state index in [1.165, 1.54) is 12.8 Å². The first-order chi connectivity index (χ1) is 8.09. The SMILES string of the molecule is CCCC(C)(C=O)CN(C)CC1CCCCO1. The Hall–Kier alpha value is -0.410. The first-order valence-electron chi connectivity index (χ1n) is 6.86. The van der Waals surface area contributed by atoms with E-state index in [0.29, 0.717) is 6.10 Å². The van der Waals surface area contributed by atoms with Crippen LogP contribution in [0.15, 0.2) is 0 Å². The van der Waals surface area contributed by atoms with Crippen LogP contribution in [-0.2, 0) is 9.53 Å². The zero-order chi connectivity index (χ0) is 12.7. The number of nitrogens with zero attached hydrogens (tertiary/aromatic N) is 1. The summed E-state index contributed by atoms with van der Waals surface area (Å²) < 4.78 is 5.73. The van der Waals surface area contributed by atoms with Gasteiger partial charge in [0.25, 0.3) is 0 Å². The second kappa shape index (κ2) is 7.12. The van der Waals surface area contributed by atoms with E-state index in [1.54, 1.807) is 0 Å². The third-order valence-corrected chi connectivity index (χ3v) is 3.53. The minimum Gasteiger partial charge on any atom is -0.377 e. The molecule has 0 aromatic rings. The van der Waals surface area contributed by atoms with Crippen LogP contribution in [0.3, 0.4) is 0 Å². The van der Waals surface area contributed by atoms with Crippen molar-refractivity contribution < 1.29 is 9.53 Å². The van der Waals surface area contributed by atoms with E-state index < -0.39 is 0 Å². The Labute approximate surface area is 106 Å². The molecule has 1 aliphatic rings. The number of ether oxygens (including phenoxy) is 1. The number of likely N-dealkylation sites (N-methyl/N-ethyl adjacent to an activating group) is 1. The number of rotatable bonds is 7. The molecule has 1 aliphatic heterocycles. The summed E-state index contributed by atoms with van der Waals surface area (Å²) >= 11 is 0. The van der Waals surface area contributed by atoms with Gasteiger partial charge in [-0.2, -0.15) is 0 Å². The molecule has 0 N–H and O–H groups in total. The molecule has 2 unspecified atom stereocenters. The average molecular weight is 241 g/mol. The predicted octanol–water partition coefficient (Wildman–Crippen LogP) is 2.49. The van der Waals surface area contributed by atoms with E-state index >= 15 is 0 Å². The maximum absolute atomic E-state index is 11.2. The van der Waals surface area contributed by atoms with Crippen molar-refractivity contribution >= 4 is 6.29 Å². The van der Waals surface area contributed by atoms with Crippen molar-refractivity contribution in [2.75, 3.05) is 26.7 Å². The zero-order valence-electron chi connectivity index (χ0n) is 11.6. The number of hydrogen-bond donors (Lipinski definition) is 0. The summed E-state index contributed by atoms with van der Waals surface area (Å²) in [6, 6.07) is 0. The van der Waals surface area contributed by atoms with Crippen molar-refractivity contribution in [2.24, 2.45) is 5.41 Å². The highest BCUT2D eigenvalue weighted by molar-refractivity contribution is 5.58. The van der Waals surface area contributed by atoms with Gasteiger partial charge in [-0.25, -0.2) is 0 Å². The van der Waals surface area contributed by atoms with Gasteiger partial charge in [-0.3, -0.25) is 0 Å². The second-order valence-corrected chi connectivity index (χ2v) is 5.71. The molecule has 0 radical (unpaired) electrons. The molecule has 2 atom stereocenters. The molecule has 1 heterocycles. The topological polar surface area (TPSA) is 29.5 Å². The number of carbonyl (C=O) groups is 1. The summed E-state index contributed by atoms with van der Waals surface area (Å²) in [5.74, 6) is 0. The van der Waals surface area contributed by atoms with Crippen LogP contribution < -0.4 is 0 Å². The summed E-state index contributed by atoms with van der Waals surface area (Å²) in [4.78, 5) is 13.4. The highest BCUT2D eigenvalue weighted by Gasteiger charge is 2.26. The molecule has 0 aromatic heterocycles. The van der Waals surface area contributed by atoms with Crippen LogP contribution in [0.1, 0.15) is 46.0 Å². The fourth-order valence-corrected chi connectivity index (χ4v) is 2.73. The number of hydrogen-bond acceptors (Lipinski definition) is 3. The van der Waals surface area contributed by atoms with E-state index in [9.17, 15) is 4.79 Å². The number of aldehydes is 1. The van der Waals surface area contributed by atoms with Crippen molar-refractivity contribution in [3.8, 4) is 0 Å². The molecule has 1 fully saturated rings. The van der Waals surface area contributed by atoms with Gasteiger partial charge in [-0.1, -0.05) is 20.3 Å². The average Bonchev–Trinajstić information content (AvgIpc) is 2.30. The van der Waals surface area contributed by atoms with Crippen LogP contribution in [0.25, 0.3) is 0 Å². The Morgan fingerprint density at radius 1 is 1.47 bits per heavy atom. The van der Waals surface area contributed by atoms with Crippen molar-refractivity contribution in [1.29, 1.82) is 0 Å². The zero-order valence-corrected chi connectivity index (χ0v) is 11.6. The third-order valence-electron chi connectivity index (χ3n) is 3.53. The second-order valence-electron chi connectivity index (χ2n) is 5.71. The standard InChI is InChI=1S/C14H27NO2/c1-4-8-14(2,12-16)11-15(3)10-13-7-5-6-9-17-13/h12-13H,4-11H2,1-3H3. The minimum atomic E-state index is -0.196. The third kappa shape index (κ3) is 5.17.